The third-order valence-corrected chi connectivity index (χ3v) is 2.14. The molecule has 0 heterocycles. The average molecular weight is 206 g/mol. The molecule has 0 aliphatic carbocycles. The van der Waals surface area contributed by atoms with E-state index in [0.29, 0.717) is 0 Å². The topological polar surface area (TPSA) is 55.1 Å². The number of rotatable bonds is 4. The maximum absolute atomic E-state index is 10.9. The lowest BCUT2D eigenvalue weighted by molar-refractivity contribution is -0.114. The van der Waals surface area contributed by atoms with Crippen LogP contribution in [0.3, 0.4) is 0 Å². The summed E-state index contributed by atoms with van der Waals surface area (Å²) in [7, 11) is 0. The standard InChI is InChI=1S/C12H18N2O/c1-9(13)6-7-11-4-3-5-12(8-11)14-10(2)15/h3-5,8-9H,6-7,13H2,1-2H3,(H,14,15). The summed E-state index contributed by atoms with van der Waals surface area (Å²) in [6.07, 6.45) is 1.91. The van der Waals surface area contributed by atoms with Crippen molar-refractivity contribution in [2.45, 2.75) is 32.7 Å². The van der Waals surface area contributed by atoms with Crippen molar-refractivity contribution in [1.29, 1.82) is 0 Å². The maximum Gasteiger partial charge on any atom is 0.221 e. The van der Waals surface area contributed by atoms with E-state index in [9.17, 15) is 4.79 Å². The van der Waals surface area contributed by atoms with Gasteiger partial charge in [-0.2, -0.15) is 0 Å². The van der Waals surface area contributed by atoms with E-state index in [0.717, 1.165) is 18.5 Å². The largest absolute Gasteiger partial charge is 0.328 e. The Morgan fingerprint density at radius 2 is 2.27 bits per heavy atom. The number of carbonyl (C=O) groups is 1. The zero-order chi connectivity index (χ0) is 11.3. The molecule has 0 bridgehead atoms. The molecule has 3 N–H and O–H groups in total. The molecule has 1 aromatic rings. The number of nitrogens with one attached hydrogen (secondary N) is 1. The zero-order valence-corrected chi connectivity index (χ0v) is 9.29. The highest BCUT2D eigenvalue weighted by molar-refractivity contribution is 5.88. The van der Waals surface area contributed by atoms with Crippen LogP contribution < -0.4 is 11.1 Å². The van der Waals surface area contributed by atoms with E-state index >= 15 is 0 Å². The van der Waals surface area contributed by atoms with Crippen LogP contribution in [0.4, 0.5) is 5.69 Å². The lowest BCUT2D eigenvalue weighted by atomic mass is 10.1. The second kappa shape index (κ2) is 5.51. The Balaban J connectivity index is 2.61. The summed E-state index contributed by atoms with van der Waals surface area (Å²) in [4.78, 5) is 10.9. The lowest BCUT2D eigenvalue weighted by Crippen LogP contribution is -2.15. The number of benzene rings is 1. The molecule has 3 heteroatoms. The van der Waals surface area contributed by atoms with Crippen LogP contribution in [0.15, 0.2) is 24.3 Å². The molecule has 1 rings (SSSR count). The minimum Gasteiger partial charge on any atom is -0.328 e. The van der Waals surface area contributed by atoms with Crippen LogP contribution in [-0.4, -0.2) is 11.9 Å². The summed E-state index contributed by atoms with van der Waals surface area (Å²) in [6, 6.07) is 8.09. The molecule has 1 amide bonds. The molecule has 15 heavy (non-hydrogen) atoms. The fourth-order valence-corrected chi connectivity index (χ4v) is 1.40. The fourth-order valence-electron chi connectivity index (χ4n) is 1.40. The molecule has 0 aromatic heterocycles. The van der Waals surface area contributed by atoms with Gasteiger partial charge in [0, 0.05) is 18.7 Å². The van der Waals surface area contributed by atoms with Crippen molar-refractivity contribution in [2.75, 3.05) is 5.32 Å². The molecular formula is C12H18N2O. The van der Waals surface area contributed by atoms with Crippen LogP contribution in [0.5, 0.6) is 0 Å². The van der Waals surface area contributed by atoms with E-state index < -0.39 is 0 Å². The number of anilines is 1. The molecule has 0 aliphatic rings. The molecular weight excluding hydrogens is 188 g/mol. The van der Waals surface area contributed by atoms with Gasteiger partial charge in [-0.3, -0.25) is 4.79 Å². The van der Waals surface area contributed by atoms with E-state index in [4.69, 9.17) is 5.73 Å². The second-order valence-corrected chi connectivity index (χ2v) is 3.90. The third-order valence-electron chi connectivity index (χ3n) is 2.14. The Morgan fingerprint density at radius 1 is 1.53 bits per heavy atom. The maximum atomic E-state index is 10.9. The van der Waals surface area contributed by atoms with E-state index in [1.165, 1.54) is 12.5 Å². The van der Waals surface area contributed by atoms with Crippen molar-refractivity contribution < 1.29 is 4.79 Å². The summed E-state index contributed by atoms with van der Waals surface area (Å²) in [5.41, 5.74) is 7.75. The van der Waals surface area contributed by atoms with Crippen molar-refractivity contribution in [2.24, 2.45) is 5.73 Å². The molecule has 1 atom stereocenters. The fraction of sp³-hybridized carbons (Fsp3) is 0.417. The van der Waals surface area contributed by atoms with E-state index in [1.807, 2.05) is 31.2 Å². The van der Waals surface area contributed by atoms with Gasteiger partial charge in [0.05, 0.1) is 0 Å². The predicted molar refractivity (Wildman–Crippen MR) is 62.7 cm³/mol. The number of amides is 1. The molecule has 1 aromatic carbocycles. The molecule has 3 nitrogen and oxygen atoms in total. The van der Waals surface area contributed by atoms with Gasteiger partial charge in [0.15, 0.2) is 0 Å². The molecule has 0 spiro atoms. The first-order chi connectivity index (χ1) is 7.08. The van der Waals surface area contributed by atoms with Crippen LogP contribution in [-0.2, 0) is 11.2 Å². The highest BCUT2D eigenvalue weighted by Crippen LogP contribution is 2.12. The van der Waals surface area contributed by atoms with Crippen LogP contribution in [0.2, 0.25) is 0 Å². The molecule has 1 unspecified atom stereocenters. The van der Waals surface area contributed by atoms with Gasteiger partial charge in [0.2, 0.25) is 5.91 Å². The molecule has 0 aliphatic heterocycles. The van der Waals surface area contributed by atoms with Crippen LogP contribution in [0.25, 0.3) is 0 Å². The monoisotopic (exact) mass is 206 g/mol. The van der Waals surface area contributed by atoms with Crippen molar-refractivity contribution in [3.05, 3.63) is 29.8 Å². The number of aryl methyl sites for hydroxylation is 1. The van der Waals surface area contributed by atoms with Crippen molar-refractivity contribution in [1.82, 2.24) is 0 Å². The van der Waals surface area contributed by atoms with Gasteiger partial charge in [0.1, 0.15) is 0 Å². The van der Waals surface area contributed by atoms with Gasteiger partial charge in [-0.25, -0.2) is 0 Å². The minimum absolute atomic E-state index is 0.0423. The number of carbonyl (C=O) groups excluding carboxylic acids is 1. The van der Waals surface area contributed by atoms with Crippen molar-refractivity contribution in [3.8, 4) is 0 Å². The lowest BCUT2D eigenvalue weighted by Gasteiger charge is -2.07. The zero-order valence-electron chi connectivity index (χ0n) is 9.29. The Bertz CT molecular complexity index is 334. The summed E-state index contributed by atoms with van der Waals surface area (Å²) < 4.78 is 0. The van der Waals surface area contributed by atoms with Crippen LogP contribution in [0.1, 0.15) is 25.8 Å². The van der Waals surface area contributed by atoms with Gasteiger partial charge in [0.25, 0.3) is 0 Å². The highest BCUT2D eigenvalue weighted by atomic mass is 16.1. The first kappa shape index (κ1) is 11.7. The normalized spacial score (nSPS) is 12.2. The number of hydrogen-bond donors (Lipinski definition) is 2. The van der Waals surface area contributed by atoms with Crippen LogP contribution in [0, 0.1) is 0 Å². The third kappa shape index (κ3) is 4.61. The van der Waals surface area contributed by atoms with Gasteiger partial charge in [-0.15, -0.1) is 0 Å². The quantitative estimate of drug-likeness (QED) is 0.790. The van der Waals surface area contributed by atoms with Gasteiger partial charge in [-0.1, -0.05) is 12.1 Å². The SMILES string of the molecule is CC(=O)Nc1cccc(CCC(C)N)c1. The van der Waals surface area contributed by atoms with E-state index in [1.54, 1.807) is 0 Å². The first-order valence-corrected chi connectivity index (χ1v) is 5.20. The Kier molecular flexibility index (Phi) is 4.31. The second-order valence-electron chi connectivity index (χ2n) is 3.90. The van der Waals surface area contributed by atoms with Gasteiger partial charge < -0.3 is 11.1 Å². The summed E-state index contributed by atoms with van der Waals surface area (Å²) in [5, 5.41) is 2.76. The predicted octanol–water partition coefficient (Wildman–Crippen LogP) is 1.92. The smallest absolute Gasteiger partial charge is 0.221 e. The summed E-state index contributed by atoms with van der Waals surface area (Å²) in [6.45, 7) is 3.51. The van der Waals surface area contributed by atoms with Crippen molar-refractivity contribution >= 4 is 11.6 Å². The Hall–Kier alpha value is -1.35. The number of hydrogen-bond acceptors (Lipinski definition) is 2. The van der Waals surface area contributed by atoms with E-state index in [-0.39, 0.29) is 11.9 Å². The Morgan fingerprint density at radius 3 is 2.87 bits per heavy atom. The summed E-state index contributed by atoms with van der Waals surface area (Å²) >= 11 is 0. The molecule has 0 saturated heterocycles. The van der Waals surface area contributed by atoms with Crippen molar-refractivity contribution in [3.63, 3.8) is 0 Å². The summed E-state index contributed by atoms with van der Waals surface area (Å²) in [5.74, 6) is -0.0423. The van der Waals surface area contributed by atoms with E-state index in [2.05, 4.69) is 5.32 Å². The average Bonchev–Trinajstić information content (AvgIpc) is 2.14. The Labute approximate surface area is 90.7 Å². The molecule has 82 valence electrons. The molecule has 0 saturated carbocycles. The minimum atomic E-state index is -0.0423. The molecule has 0 fully saturated rings. The molecule has 0 radical (unpaired) electrons. The highest BCUT2D eigenvalue weighted by Gasteiger charge is 1.99. The van der Waals surface area contributed by atoms with Gasteiger partial charge in [-0.05, 0) is 37.5 Å². The van der Waals surface area contributed by atoms with Crippen LogP contribution >= 0.6 is 0 Å². The number of nitrogens with two attached hydrogens (primary N) is 1. The van der Waals surface area contributed by atoms with Gasteiger partial charge >= 0.3 is 0 Å². The first-order valence-electron chi connectivity index (χ1n) is 5.20.